The van der Waals surface area contributed by atoms with Gasteiger partial charge in [0.05, 0.1) is 0 Å². The highest BCUT2D eigenvalue weighted by molar-refractivity contribution is 6.09. The molecule has 0 radical (unpaired) electrons. The predicted molar refractivity (Wildman–Crippen MR) is 90.2 cm³/mol. The van der Waals surface area contributed by atoms with Crippen LogP contribution in [-0.2, 0) is 6.54 Å². The third-order valence-electron chi connectivity index (χ3n) is 4.26. The SMILES string of the molecule is Cc1ccc(C(=O)c2cccc(CN3CC=CC3)c2)cc1C. The smallest absolute Gasteiger partial charge is 0.193 e. The molecule has 0 N–H and O–H groups in total. The maximum absolute atomic E-state index is 12.7. The van der Waals surface area contributed by atoms with E-state index < -0.39 is 0 Å². The average Bonchev–Trinajstić information content (AvgIpc) is 3.02. The van der Waals surface area contributed by atoms with Crippen molar-refractivity contribution < 1.29 is 4.79 Å². The van der Waals surface area contributed by atoms with Crippen molar-refractivity contribution in [2.75, 3.05) is 13.1 Å². The highest BCUT2D eigenvalue weighted by Gasteiger charge is 2.12. The van der Waals surface area contributed by atoms with Gasteiger partial charge in [0.1, 0.15) is 0 Å². The molecular weight excluding hydrogens is 270 g/mol. The molecule has 0 unspecified atom stereocenters. The van der Waals surface area contributed by atoms with E-state index in [-0.39, 0.29) is 5.78 Å². The lowest BCUT2D eigenvalue weighted by Crippen LogP contribution is -2.19. The van der Waals surface area contributed by atoms with Gasteiger partial charge in [0.25, 0.3) is 0 Å². The zero-order valence-corrected chi connectivity index (χ0v) is 13.2. The van der Waals surface area contributed by atoms with Crippen LogP contribution in [0.5, 0.6) is 0 Å². The minimum atomic E-state index is 0.101. The summed E-state index contributed by atoms with van der Waals surface area (Å²) in [6.45, 7) is 6.99. The molecule has 0 atom stereocenters. The Balaban J connectivity index is 1.81. The van der Waals surface area contributed by atoms with Gasteiger partial charge in [-0.15, -0.1) is 0 Å². The van der Waals surface area contributed by atoms with Crippen LogP contribution in [0, 0.1) is 13.8 Å². The number of hydrogen-bond donors (Lipinski definition) is 0. The first-order valence-electron chi connectivity index (χ1n) is 7.72. The standard InChI is InChI=1S/C20H21NO/c1-15-8-9-19(12-16(15)2)20(22)18-7-5-6-17(13-18)14-21-10-3-4-11-21/h3-9,12-13H,10-11,14H2,1-2H3. The lowest BCUT2D eigenvalue weighted by Gasteiger charge is -2.15. The second-order valence-corrected chi connectivity index (χ2v) is 5.99. The van der Waals surface area contributed by atoms with E-state index in [9.17, 15) is 4.79 Å². The fourth-order valence-corrected chi connectivity index (χ4v) is 2.77. The van der Waals surface area contributed by atoms with Gasteiger partial charge in [-0.25, -0.2) is 0 Å². The van der Waals surface area contributed by atoms with Crippen LogP contribution in [0.1, 0.15) is 32.6 Å². The molecule has 2 nitrogen and oxygen atoms in total. The van der Waals surface area contributed by atoms with Crippen molar-refractivity contribution in [1.29, 1.82) is 0 Å². The minimum Gasteiger partial charge on any atom is -0.292 e. The van der Waals surface area contributed by atoms with Crippen LogP contribution in [0.25, 0.3) is 0 Å². The summed E-state index contributed by atoms with van der Waals surface area (Å²) in [5.74, 6) is 0.101. The molecule has 2 heteroatoms. The number of benzene rings is 2. The van der Waals surface area contributed by atoms with Gasteiger partial charge in [-0.3, -0.25) is 9.69 Å². The van der Waals surface area contributed by atoms with Crippen LogP contribution in [0.2, 0.25) is 0 Å². The third kappa shape index (κ3) is 3.18. The molecule has 0 saturated carbocycles. The van der Waals surface area contributed by atoms with Gasteiger partial charge in [0.2, 0.25) is 0 Å². The van der Waals surface area contributed by atoms with E-state index in [0.717, 1.165) is 36.3 Å². The molecule has 22 heavy (non-hydrogen) atoms. The van der Waals surface area contributed by atoms with Gasteiger partial charge in [-0.1, -0.05) is 42.5 Å². The molecule has 0 amide bonds. The van der Waals surface area contributed by atoms with E-state index in [2.05, 4.69) is 30.0 Å². The van der Waals surface area contributed by atoms with E-state index in [1.54, 1.807) is 0 Å². The molecule has 0 aromatic heterocycles. The topological polar surface area (TPSA) is 20.3 Å². The number of carbonyl (C=O) groups is 1. The molecule has 0 aliphatic carbocycles. The van der Waals surface area contributed by atoms with Crippen molar-refractivity contribution in [3.8, 4) is 0 Å². The minimum absolute atomic E-state index is 0.101. The summed E-state index contributed by atoms with van der Waals surface area (Å²) in [7, 11) is 0. The van der Waals surface area contributed by atoms with Crippen LogP contribution in [0.15, 0.2) is 54.6 Å². The summed E-state index contributed by atoms with van der Waals surface area (Å²) in [6.07, 6.45) is 4.37. The maximum Gasteiger partial charge on any atom is 0.193 e. The Bertz CT molecular complexity index is 722. The highest BCUT2D eigenvalue weighted by Crippen LogP contribution is 2.16. The summed E-state index contributed by atoms with van der Waals surface area (Å²) >= 11 is 0. The Morgan fingerprint density at radius 2 is 1.68 bits per heavy atom. The zero-order valence-electron chi connectivity index (χ0n) is 13.2. The van der Waals surface area contributed by atoms with Crippen LogP contribution in [0.4, 0.5) is 0 Å². The second-order valence-electron chi connectivity index (χ2n) is 5.99. The van der Waals surface area contributed by atoms with Crippen molar-refractivity contribution in [3.05, 3.63) is 82.4 Å². The first-order chi connectivity index (χ1) is 10.6. The van der Waals surface area contributed by atoms with Crippen molar-refractivity contribution >= 4 is 5.78 Å². The summed E-state index contributed by atoms with van der Waals surface area (Å²) in [4.78, 5) is 15.0. The average molecular weight is 291 g/mol. The van der Waals surface area contributed by atoms with Gasteiger partial charge in [0.15, 0.2) is 5.78 Å². The maximum atomic E-state index is 12.7. The molecule has 112 valence electrons. The third-order valence-corrected chi connectivity index (χ3v) is 4.26. The van der Waals surface area contributed by atoms with E-state index in [0.29, 0.717) is 0 Å². The molecule has 1 aliphatic rings. The molecule has 0 saturated heterocycles. The fourth-order valence-electron chi connectivity index (χ4n) is 2.77. The Kier molecular flexibility index (Phi) is 4.21. The largest absolute Gasteiger partial charge is 0.292 e. The van der Waals surface area contributed by atoms with E-state index in [1.165, 1.54) is 11.1 Å². The molecule has 2 aromatic carbocycles. The monoisotopic (exact) mass is 291 g/mol. The van der Waals surface area contributed by atoms with Gasteiger partial charge < -0.3 is 0 Å². The summed E-state index contributed by atoms with van der Waals surface area (Å²) in [5.41, 5.74) is 5.10. The Morgan fingerprint density at radius 3 is 2.41 bits per heavy atom. The van der Waals surface area contributed by atoms with E-state index >= 15 is 0 Å². The Morgan fingerprint density at radius 1 is 0.955 bits per heavy atom. The predicted octanol–water partition coefficient (Wildman–Crippen LogP) is 3.91. The van der Waals surface area contributed by atoms with Crippen molar-refractivity contribution in [2.45, 2.75) is 20.4 Å². The summed E-state index contributed by atoms with van der Waals surface area (Å²) in [6, 6.07) is 13.9. The van der Waals surface area contributed by atoms with Crippen LogP contribution >= 0.6 is 0 Å². The van der Waals surface area contributed by atoms with Crippen LogP contribution < -0.4 is 0 Å². The molecule has 2 aromatic rings. The Labute approximate surface area is 132 Å². The number of aryl methyl sites for hydroxylation is 2. The van der Waals surface area contributed by atoms with Crippen LogP contribution in [-0.4, -0.2) is 23.8 Å². The van der Waals surface area contributed by atoms with Crippen molar-refractivity contribution in [1.82, 2.24) is 4.90 Å². The van der Waals surface area contributed by atoms with Gasteiger partial charge >= 0.3 is 0 Å². The second kappa shape index (κ2) is 6.29. The first-order valence-corrected chi connectivity index (χ1v) is 7.72. The molecule has 0 bridgehead atoms. The molecule has 0 spiro atoms. The molecule has 0 fully saturated rings. The van der Waals surface area contributed by atoms with Gasteiger partial charge in [0, 0.05) is 30.8 Å². The molecular formula is C20H21NO. The number of nitrogens with zero attached hydrogens (tertiary/aromatic N) is 1. The van der Waals surface area contributed by atoms with Crippen molar-refractivity contribution in [3.63, 3.8) is 0 Å². The first kappa shape index (κ1) is 14.7. The Hall–Kier alpha value is -2.19. The normalized spacial score (nSPS) is 14.5. The van der Waals surface area contributed by atoms with Crippen molar-refractivity contribution in [2.24, 2.45) is 0 Å². The number of carbonyl (C=O) groups excluding carboxylic acids is 1. The lowest BCUT2D eigenvalue weighted by molar-refractivity contribution is 0.103. The lowest BCUT2D eigenvalue weighted by atomic mass is 9.98. The number of rotatable bonds is 4. The molecule has 3 rings (SSSR count). The zero-order chi connectivity index (χ0) is 15.5. The molecule has 1 aliphatic heterocycles. The fraction of sp³-hybridized carbons (Fsp3) is 0.250. The molecule has 1 heterocycles. The van der Waals surface area contributed by atoms with Gasteiger partial charge in [-0.2, -0.15) is 0 Å². The quantitative estimate of drug-likeness (QED) is 0.629. The van der Waals surface area contributed by atoms with E-state index in [4.69, 9.17) is 0 Å². The van der Waals surface area contributed by atoms with Crippen LogP contribution in [0.3, 0.4) is 0 Å². The summed E-state index contributed by atoms with van der Waals surface area (Å²) in [5, 5.41) is 0. The van der Waals surface area contributed by atoms with Gasteiger partial charge in [-0.05, 0) is 42.7 Å². The highest BCUT2D eigenvalue weighted by atomic mass is 16.1. The number of ketones is 1. The number of hydrogen-bond acceptors (Lipinski definition) is 2. The summed E-state index contributed by atoms with van der Waals surface area (Å²) < 4.78 is 0. The van der Waals surface area contributed by atoms with E-state index in [1.807, 2.05) is 43.3 Å².